The van der Waals surface area contributed by atoms with Gasteiger partial charge in [0.1, 0.15) is 5.78 Å². The van der Waals surface area contributed by atoms with E-state index in [9.17, 15) is 13.2 Å². The van der Waals surface area contributed by atoms with Gasteiger partial charge in [-0.1, -0.05) is 18.2 Å². The molecule has 0 heterocycles. The lowest BCUT2D eigenvalue weighted by molar-refractivity contribution is -0.120. The zero-order valence-corrected chi connectivity index (χ0v) is 10.6. The van der Waals surface area contributed by atoms with E-state index in [0.29, 0.717) is 12.8 Å². The molecule has 1 aromatic carbocycles. The van der Waals surface area contributed by atoms with Crippen molar-refractivity contribution in [2.75, 3.05) is 0 Å². The Balaban J connectivity index is 2.40. The molecule has 1 unspecified atom stereocenters. The number of sulfone groups is 1. The molecule has 2 atom stereocenters. The summed E-state index contributed by atoms with van der Waals surface area (Å²) in [5.74, 6) is -0.668. The lowest BCUT2D eigenvalue weighted by Gasteiger charge is -2.25. The van der Waals surface area contributed by atoms with Crippen molar-refractivity contribution in [2.45, 2.75) is 29.4 Å². The minimum absolute atomic E-state index is 0.0462. The fraction of sp³-hybridized carbons (Fsp3) is 0.385. The Kier molecular flexibility index (Phi) is 3.48. The van der Waals surface area contributed by atoms with E-state index in [1.807, 2.05) is 6.07 Å². The first-order valence-corrected chi connectivity index (χ1v) is 7.30. The number of carbonyl (C=O) groups is 1. The van der Waals surface area contributed by atoms with E-state index in [0.717, 1.165) is 0 Å². The van der Waals surface area contributed by atoms with E-state index in [2.05, 4.69) is 0 Å². The Morgan fingerprint density at radius 3 is 2.50 bits per heavy atom. The Bertz CT molecular complexity index is 586. The topological polar surface area (TPSA) is 75.0 Å². The van der Waals surface area contributed by atoms with Crippen LogP contribution in [0.3, 0.4) is 0 Å². The summed E-state index contributed by atoms with van der Waals surface area (Å²) < 4.78 is 24.8. The maximum Gasteiger partial charge on any atom is 0.182 e. The monoisotopic (exact) mass is 263 g/mol. The van der Waals surface area contributed by atoms with Gasteiger partial charge in [0.05, 0.1) is 22.1 Å². The van der Waals surface area contributed by atoms with Crippen LogP contribution in [0, 0.1) is 17.2 Å². The molecule has 0 amide bonds. The van der Waals surface area contributed by atoms with Gasteiger partial charge in [-0.05, 0) is 18.6 Å². The highest BCUT2D eigenvalue weighted by Gasteiger charge is 2.39. The highest BCUT2D eigenvalue weighted by molar-refractivity contribution is 7.92. The molecule has 2 rings (SSSR count). The molecule has 5 heteroatoms. The number of rotatable bonds is 2. The van der Waals surface area contributed by atoms with E-state index < -0.39 is 21.0 Å². The predicted octanol–water partition coefficient (Wildman–Crippen LogP) is 1.72. The van der Waals surface area contributed by atoms with Crippen LogP contribution in [0.5, 0.6) is 0 Å². The number of carbonyl (C=O) groups excluding carboxylic acids is 1. The largest absolute Gasteiger partial charge is 0.300 e. The van der Waals surface area contributed by atoms with Crippen LogP contribution < -0.4 is 0 Å². The number of hydrogen-bond donors (Lipinski definition) is 0. The van der Waals surface area contributed by atoms with E-state index in [-0.39, 0.29) is 17.1 Å². The smallest absolute Gasteiger partial charge is 0.182 e. The molecule has 1 fully saturated rings. The summed E-state index contributed by atoms with van der Waals surface area (Å²) in [4.78, 5) is 11.6. The van der Waals surface area contributed by atoms with Gasteiger partial charge < -0.3 is 0 Å². The third kappa shape index (κ3) is 2.29. The van der Waals surface area contributed by atoms with Crippen LogP contribution in [-0.4, -0.2) is 19.5 Å². The fourth-order valence-corrected chi connectivity index (χ4v) is 4.15. The number of Topliss-reactive ketones (excluding diaryl/α,β-unsaturated/α-hetero) is 1. The summed E-state index contributed by atoms with van der Waals surface area (Å²) >= 11 is 0. The van der Waals surface area contributed by atoms with Crippen LogP contribution >= 0.6 is 0 Å². The second kappa shape index (κ2) is 4.91. The summed E-state index contributed by atoms with van der Waals surface area (Å²) in [5, 5.41) is 8.14. The van der Waals surface area contributed by atoms with Crippen LogP contribution in [0.25, 0.3) is 0 Å². The summed E-state index contributed by atoms with van der Waals surface area (Å²) in [7, 11) is -3.60. The second-order valence-corrected chi connectivity index (χ2v) is 6.58. The zero-order valence-electron chi connectivity index (χ0n) is 9.74. The van der Waals surface area contributed by atoms with E-state index in [1.54, 1.807) is 18.2 Å². The molecule has 0 N–H and O–H groups in total. The molecule has 18 heavy (non-hydrogen) atoms. The highest BCUT2D eigenvalue weighted by Crippen LogP contribution is 2.31. The van der Waals surface area contributed by atoms with E-state index in [1.165, 1.54) is 12.1 Å². The molecule has 1 saturated carbocycles. The van der Waals surface area contributed by atoms with Gasteiger partial charge in [0, 0.05) is 12.8 Å². The van der Waals surface area contributed by atoms with Crippen molar-refractivity contribution in [3.05, 3.63) is 30.3 Å². The Morgan fingerprint density at radius 1 is 1.22 bits per heavy atom. The molecule has 94 valence electrons. The van der Waals surface area contributed by atoms with Gasteiger partial charge in [0.25, 0.3) is 0 Å². The van der Waals surface area contributed by atoms with Crippen LogP contribution in [0.1, 0.15) is 19.3 Å². The lowest BCUT2D eigenvalue weighted by atomic mass is 9.89. The summed E-state index contributed by atoms with van der Waals surface area (Å²) in [6.07, 6.45) is 0.598. The van der Waals surface area contributed by atoms with Crippen molar-refractivity contribution in [3.8, 4) is 6.07 Å². The first-order valence-electron chi connectivity index (χ1n) is 5.76. The highest BCUT2D eigenvalue weighted by atomic mass is 32.2. The minimum Gasteiger partial charge on any atom is -0.300 e. The number of ketones is 1. The summed E-state index contributed by atoms with van der Waals surface area (Å²) in [6.45, 7) is 0. The maximum atomic E-state index is 12.4. The van der Waals surface area contributed by atoms with Gasteiger partial charge in [-0.15, -0.1) is 0 Å². The van der Waals surface area contributed by atoms with Crippen LogP contribution in [0.15, 0.2) is 35.2 Å². The number of hydrogen-bond acceptors (Lipinski definition) is 4. The minimum atomic E-state index is -3.60. The van der Waals surface area contributed by atoms with Gasteiger partial charge in [0.2, 0.25) is 0 Å². The van der Waals surface area contributed by atoms with Gasteiger partial charge >= 0.3 is 0 Å². The number of benzene rings is 1. The Hall–Kier alpha value is -1.67. The zero-order chi connectivity index (χ0) is 13.2. The van der Waals surface area contributed by atoms with Crippen molar-refractivity contribution in [1.82, 2.24) is 0 Å². The molecular formula is C13H13NO3S. The third-order valence-corrected chi connectivity index (χ3v) is 5.47. The number of nitriles is 1. The quantitative estimate of drug-likeness (QED) is 0.814. The van der Waals surface area contributed by atoms with Crippen LogP contribution in [0.4, 0.5) is 0 Å². The van der Waals surface area contributed by atoms with Crippen molar-refractivity contribution in [1.29, 1.82) is 5.26 Å². The molecule has 0 saturated heterocycles. The van der Waals surface area contributed by atoms with Crippen molar-refractivity contribution in [3.63, 3.8) is 0 Å². The standard InChI is InChI=1S/C13H13NO3S/c14-9-10-6-7-11(15)8-13(10)18(16,17)12-4-2-1-3-5-12/h1-5,10,13H,6-8H2/t10-,13?/m1/s1. The summed E-state index contributed by atoms with van der Waals surface area (Å²) in [5.41, 5.74) is 0. The second-order valence-electron chi connectivity index (χ2n) is 4.41. The Labute approximate surface area is 106 Å². The Morgan fingerprint density at radius 2 is 1.89 bits per heavy atom. The van der Waals surface area contributed by atoms with Gasteiger partial charge in [-0.3, -0.25) is 4.79 Å². The van der Waals surface area contributed by atoms with E-state index >= 15 is 0 Å². The van der Waals surface area contributed by atoms with E-state index in [4.69, 9.17) is 5.26 Å². The molecular weight excluding hydrogens is 250 g/mol. The summed E-state index contributed by atoms with van der Waals surface area (Å²) in [6, 6.07) is 10.0. The van der Waals surface area contributed by atoms with Gasteiger partial charge in [0.15, 0.2) is 9.84 Å². The molecule has 0 aromatic heterocycles. The third-order valence-electron chi connectivity index (χ3n) is 3.25. The molecule has 0 radical (unpaired) electrons. The fourth-order valence-electron chi connectivity index (χ4n) is 2.23. The normalized spacial score (nSPS) is 24.5. The maximum absolute atomic E-state index is 12.4. The molecule has 1 aliphatic rings. The van der Waals surface area contributed by atoms with Gasteiger partial charge in [-0.25, -0.2) is 8.42 Å². The average molecular weight is 263 g/mol. The van der Waals surface area contributed by atoms with Crippen LogP contribution in [0.2, 0.25) is 0 Å². The predicted molar refractivity (Wildman–Crippen MR) is 65.4 cm³/mol. The number of nitrogens with zero attached hydrogens (tertiary/aromatic N) is 1. The van der Waals surface area contributed by atoms with Crippen molar-refractivity contribution < 1.29 is 13.2 Å². The average Bonchev–Trinajstić information content (AvgIpc) is 2.39. The molecule has 0 bridgehead atoms. The first kappa shape index (κ1) is 12.8. The SMILES string of the molecule is N#C[C@H]1CCC(=O)CC1S(=O)(=O)c1ccccc1. The van der Waals surface area contributed by atoms with Crippen LogP contribution in [-0.2, 0) is 14.6 Å². The molecule has 1 aromatic rings. The molecule has 4 nitrogen and oxygen atoms in total. The van der Waals surface area contributed by atoms with Crippen molar-refractivity contribution >= 4 is 15.6 Å². The van der Waals surface area contributed by atoms with Gasteiger partial charge in [-0.2, -0.15) is 5.26 Å². The first-order chi connectivity index (χ1) is 8.55. The molecule has 1 aliphatic carbocycles. The lowest BCUT2D eigenvalue weighted by Crippen LogP contribution is -2.35. The molecule has 0 aliphatic heterocycles. The van der Waals surface area contributed by atoms with Crippen molar-refractivity contribution in [2.24, 2.45) is 5.92 Å². The molecule has 0 spiro atoms.